The first-order chi connectivity index (χ1) is 8.52. The Balaban J connectivity index is 2.56. The minimum absolute atomic E-state index is 0.175. The van der Waals surface area contributed by atoms with Crippen molar-refractivity contribution >= 4 is 15.9 Å². The molecule has 1 aromatic carbocycles. The summed E-state index contributed by atoms with van der Waals surface area (Å²) in [5.41, 5.74) is 7.01. The van der Waals surface area contributed by atoms with Crippen LogP contribution in [-0.4, -0.2) is 4.98 Å². The van der Waals surface area contributed by atoms with Crippen molar-refractivity contribution in [3.05, 3.63) is 63.4 Å². The van der Waals surface area contributed by atoms with Crippen LogP contribution in [0.2, 0.25) is 0 Å². The highest BCUT2D eigenvalue weighted by molar-refractivity contribution is 9.10. The van der Waals surface area contributed by atoms with E-state index < -0.39 is 17.7 Å². The van der Waals surface area contributed by atoms with Gasteiger partial charge in [-0.3, -0.25) is 4.98 Å². The Morgan fingerprint density at radius 1 is 1.28 bits per heavy atom. The largest absolute Gasteiger partial charge is 0.319 e. The fraction of sp³-hybridized carbons (Fsp3) is 0.154. The lowest BCUT2D eigenvalue weighted by Crippen LogP contribution is -2.18. The molecule has 0 saturated heterocycles. The van der Waals surface area contributed by atoms with Crippen LogP contribution in [0.5, 0.6) is 0 Å². The second-order valence-corrected chi connectivity index (χ2v) is 4.79. The van der Waals surface area contributed by atoms with Crippen molar-refractivity contribution in [2.24, 2.45) is 5.73 Å². The lowest BCUT2D eigenvalue weighted by Gasteiger charge is -2.16. The number of nitrogens with zero attached hydrogens (tertiary/aromatic N) is 1. The summed E-state index contributed by atoms with van der Waals surface area (Å²) >= 11 is 3.02. The second-order valence-electron chi connectivity index (χ2n) is 3.94. The van der Waals surface area contributed by atoms with Gasteiger partial charge >= 0.3 is 0 Å². The van der Waals surface area contributed by atoms with Crippen LogP contribution in [0.25, 0.3) is 0 Å². The lowest BCUT2D eigenvalue weighted by molar-refractivity contribution is 0.536. The number of pyridine rings is 1. The van der Waals surface area contributed by atoms with E-state index in [9.17, 15) is 8.78 Å². The van der Waals surface area contributed by atoms with Gasteiger partial charge in [0, 0.05) is 11.8 Å². The van der Waals surface area contributed by atoms with E-state index in [0.717, 1.165) is 5.56 Å². The number of benzene rings is 1. The lowest BCUT2D eigenvalue weighted by atomic mass is 10.00. The third-order valence-corrected chi connectivity index (χ3v) is 3.35. The van der Waals surface area contributed by atoms with Gasteiger partial charge in [0.05, 0.1) is 16.2 Å². The predicted molar refractivity (Wildman–Crippen MR) is 69.1 cm³/mol. The van der Waals surface area contributed by atoms with E-state index in [-0.39, 0.29) is 10.0 Å². The summed E-state index contributed by atoms with van der Waals surface area (Å²) in [6, 6.07) is 5.12. The first-order valence-electron chi connectivity index (χ1n) is 5.33. The van der Waals surface area contributed by atoms with Crippen LogP contribution >= 0.6 is 15.9 Å². The average molecular weight is 313 g/mol. The zero-order chi connectivity index (χ0) is 13.3. The smallest absolute Gasteiger partial charge is 0.145 e. The topological polar surface area (TPSA) is 38.9 Å². The first-order valence-corrected chi connectivity index (χ1v) is 6.12. The molecule has 1 heterocycles. The third-order valence-electron chi connectivity index (χ3n) is 2.73. The van der Waals surface area contributed by atoms with E-state index in [0.29, 0.717) is 5.69 Å². The summed E-state index contributed by atoms with van der Waals surface area (Å²) in [6.07, 6.45) is 1.55. The van der Waals surface area contributed by atoms with Gasteiger partial charge in [-0.05, 0) is 46.6 Å². The van der Waals surface area contributed by atoms with E-state index in [2.05, 4.69) is 20.9 Å². The molecule has 0 spiro atoms. The van der Waals surface area contributed by atoms with Crippen molar-refractivity contribution in [2.75, 3.05) is 0 Å². The zero-order valence-corrected chi connectivity index (χ0v) is 11.2. The summed E-state index contributed by atoms with van der Waals surface area (Å²) in [7, 11) is 0. The number of rotatable bonds is 2. The van der Waals surface area contributed by atoms with Crippen LogP contribution in [0.1, 0.15) is 22.9 Å². The fourth-order valence-electron chi connectivity index (χ4n) is 1.79. The number of aromatic nitrogens is 1. The van der Waals surface area contributed by atoms with Gasteiger partial charge in [0.25, 0.3) is 0 Å². The van der Waals surface area contributed by atoms with Gasteiger partial charge < -0.3 is 5.73 Å². The molecule has 0 saturated carbocycles. The Morgan fingerprint density at radius 3 is 2.67 bits per heavy atom. The van der Waals surface area contributed by atoms with Crippen molar-refractivity contribution in [1.82, 2.24) is 4.98 Å². The number of nitrogens with two attached hydrogens (primary N) is 1. The monoisotopic (exact) mass is 312 g/mol. The summed E-state index contributed by atoms with van der Waals surface area (Å²) in [6.45, 7) is 1.80. The summed E-state index contributed by atoms with van der Waals surface area (Å²) in [4.78, 5) is 4.09. The number of aryl methyl sites for hydroxylation is 1. The van der Waals surface area contributed by atoms with Gasteiger partial charge in [0.1, 0.15) is 11.6 Å². The molecule has 0 aliphatic carbocycles. The molecule has 0 radical (unpaired) electrons. The Morgan fingerprint density at radius 2 is 2.00 bits per heavy atom. The van der Waals surface area contributed by atoms with Crippen LogP contribution in [0, 0.1) is 18.6 Å². The number of halogens is 3. The molecule has 94 valence electrons. The Bertz CT molecular complexity index is 587. The van der Waals surface area contributed by atoms with Crippen LogP contribution in [0.3, 0.4) is 0 Å². The Labute approximate surface area is 112 Å². The van der Waals surface area contributed by atoms with Crippen LogP contribution in [0.15, 0.2) is 34.9 Å². The summed E-state index contributed by atoms with van der Waals surface area (Å²) in [5, 5.41) is 0. The third kappa shape index (κ3) is 2.28. The van der Waals surface area contributed by atoms with E-state index in [4.69, 9.17) is 5.73 Å². The molecule has 2 aromatic rings. The highest BCUT2D eigenvalue weighted by atomic mass is 79.9. The molecule has 2 N–H and O–H groups in total. The summed E-state index contributed by atoms with van der Waals surface area (Å²) in [5.74, 6) is -1.36. The molecular weight excluding hydrogens is 302 g/mol. The minimum atomic E-state index is -0.927. The van der Waals surface area contributed by atoms with Gasteiger partial charge in [0.2, 0.25) is 0 Å². The maximum Gasteiger partial charge on any atom is 0.145 e. The average Bonchev–Trinajstić information content (AvgIpc) is 2.35. The Kier molecular flexibility index (Phi) is 3.73. The first kappa shape index (κ1) is 13.1. The zero-order valence-electron chi connectivity index (χ0n) is 9.62. The van der Waals surface area contributed by atoms with Gasteiger partial charge in [0.15, 0.2) is 0 Å². The normalized spacial score (nSPS) is 12.5. The Hall–Kier alpha value is -1.33. The summed E-state index contributed by atoms with van der Waals surface area (Å²) < 4.78 is 27.8. The standard InChI is InChI=1S/C13H11BrF2N2/c1-7-3-2-6-18-13(7)12(17)10-9(15)5-4-8(14)11(10)16/h2-6,12H,17H2,1H3. The molecule has 0 amide bonds. The molecule has 2 nitrogen and oxygen atoms in total. The van der Waals surface area contributed by atoms with Crippen LogP contribution < -0.4 is 5.73 Å². The van der Waals surface area contributed by atoms with E-state index in [1.54, 1.807) is 25.3 Å². The van der Waals surface area contributed by atoms with Gasteiger partial charge in [-0.25, -0.2) is 8.78 Å². The van der Waals surface area contributed by atoms with Crippen LogP contribution in [-0.2, 0) is 0 Å². The van der Waals surface area contributed by atoms with Crippen molar-refractivity contribution in [1.29, 1.82) is 0 Å². The quantitative estimate of drug-likeness (QED) is 0.862. The van der Waals surface area contributed by atoms with E-state index >= 15 is 0 Å². The number of hydrogen-bond donors (Lipinski definition) is 1. The van der Waals surface area contributed by atoms with Crippen molar-refractivity contribution in [3.63, 3.8) is 0 Å². The van der Waals surface area contributed by atoms with E-state index in [1.807, 2.05) is 0 Å². The van der Waals surface area contributed by atoms with Gasteiger partial charge in [-0.2, -0.15) is 0 Å². The van der Waals surface area contributed by atoms with Crippen molar-refractivity contribution in [3.8, 4) is 0 Å². The molecule has 0 fully saturated rings. The minimum Gasteiger partial charge on any atom is -0.319 e. The van der Waals surface area contributed by atoms with Crippen molar-refractivity contribution < 1.29 is 8.78 Å². The molecule has 0 aliphatic heterocycles. The molecule has 0 bridgehead atoms. The maximum atomic E-state index is 13.9. The highest BCUT2D eigenvalue weighted by Gasteiger charge is 2.22. The van der Waals surface area contributed by atoms with Gasteiger partial charge in [-0.15, -0.1) is 0 Å². The molecule has 1 atom stereocenters. The van der Waals surface area contributed by atoms with Gasteiger partial charge in [-0.1, -0.05) is 6.07 Å². The molecule has 0 aliphatic rings. The number of hydrogen-bond acceptors (Lipinski definition) is 2. The van der Waals surface area contributed by atoms with Crippen LogP contribution in [0.4, 0.5) is 8.78 Å². The molecule has 1 unspecified atom stereocenters. The molecular formula is C13H11BrF2N2. The predicted octanol–water partition coefficient (Wildman–Crippen LogP) is 3.48. The second kappa shape index (κ2) is 5.12. The molecule has 2 rings (SSSR count). The molecule has 1 aromatic heterocycles. The highest BCUT2D eigenvalue weighted by Crippen LogP contribution is 2.29. The molecule has 18 heavy (non-hydrogen) atoms. The molecule has 5 heteroatoms. The SMILES string of the molecule is Cc1cccnc1C(N)c1c(F)ccc(Br)c1F. The maximum absolute atomic E-state index is 13.9. The van der Waals surface area contributed by atoms with E-state index in [1.165, 1.54) is 12.1 Å². The fourth-order valence-corrected chi connectivity index (χ4v) is 2.13. The van der Waals surface area contributed by atoms with Crippen molar-refractivity contribution in [2.45, 2.75) is 13.0 Å².